The van der Waals surface area contributed by atoms with Gasteiger partial charge in [-0.15, -0.1) is 13.2 Å². The van der Waals surface area contributed by atoms with Gasteiger partial charge >= 0.3 is 6.36 Å². The van der Waals surface area contributed by atoms with Crippen molar-refractivity contribution in [1.82, 2.24) is 10.2 Å². The lowest BCUT2D eigenvalue weighted by Crippen LogP contribution is -2.32. The average Bonchev–Trinajstić information content (AvgIpc) is 3.07. The first-order chi connectivity index (χ1) is 11.8. The van der Waals surface area contributed by atoms with E-state index in [1.165, 1.54) is 30.3 Å². The van der Waals surface area contributed by atoms with E-state index in [0.29, 0.717) is 0 Å². The van der Waals surface area contributed by atoms with E-state index in [9.17, 15) is 22.8 Å². The van der Waals surface area contributed by atoms with Gasteiger partial charge in [-0.3, -0.25) is 9.59 Å². The van der Waals surface area contributed by atoms with Crippen molar-refractivity contribution in [1.29, 1.82) is 0 Å². The Bertz CT molecular complexity index is 638. The van der Waals surface area contributed by atoms with Gasteiger partial charge < -0.3 is 15.0 Å². The van der Waals surface area contributed by atoms with Crippen molar-refractivity contribution < 1.29 is 27.5 Å². The lowest BCUT2D eigenvalue weighted by Gasteiger charge is -2.14. The number of rotatable bonds is 6. The van der Waals surface area contributed by atoms with E-state index in [0.717, 1.165) is 32.0 Å². The van der Waals surface area contributed by atoms with Gasteiger partial charge in [-0.25, -0.2) is 0 Å². The van der Waals surface area contributed by atoms with Crippen LogP contribution in [-0.2, 0) is 9.59 Å². The summed E-state index contributed by atoms with van der Waals surface area (Å²) in [6.07, 6.45) is -0.256. The molecule has 2 amide bonds. The predicted molar refractivity (Wildman–Crippen MR) is 85.6 cm³/mol. The number of nitrogens with one attached hydrogen (secondary N) is 1. The predicted octanol–water partition coefficient (Wildman–Crippen LogP) is 2.73. The molecule has 1 aromatic carbocycles. The van der Waals surface area contributed by atoms with Crippen LogP contribution in [0.3, 0.4) is 0 Å². The lowest BCUT2D eigenvalue weighted by atomic mass is 10.2. The Morgan fingerprint density at radius 1 is 1.20 bits per heavy atom. The molecule has 0 unspecified atom stereocenters. The maximum absolute atomic E-state index is 12.3. The number of alkyl halides is 3. The largest absolute Gasteiger partial charge is 0.573 e. The average molecular weight is 356 g/mol. The first-order valence-corrected chi connectivity index (χ1v) is 7.93. The summed E-state index contributed by atoms with van der Waals surface area (Å²) in [6.45, 7) is 1.69. The summed E-state index contributed by atoms with van der Waals surface area (Å²) in [5, 5.41) is 2.54. The Balaban J connectivity index is 1.83. The van der Waals surface area contributed by atoms with Crippen LogP contribution in [-0.4, -0.2) is 42.7 Å². The molecule has 0 aliphatic carbocycles. The number of hydrogen-bond donors (Lipinski definition) is 1. The van der Waals surface area contributed by atoms with E-state index in [1.54, 1.807) is 4.90 Å². The Labute approximate surface area is 143 Å². The van der Waals surface area contributed by atoms with E-state index < -0.39 is 12.3 Å². The Kier molecular flexibility index (Phi) is 6.44. The van der Waals surface area contributed by atoms with E-state index in [-0.39, 0.29) is 30.2 Å². The fraction of sp³-hybridized carbons (Fsp3) is 0.412. The van der Waals surface area contributed by atoms with Crippen LogP contribution in [0, 0.1) is 0 Å². The maximum Gasteiger partial charge on any atom is 0.573 e. The molecular formula is C17H19F3N2O3. The monoisotopic (exact) mass is 356 g/mol. The van der Waals surface area contributed by atoms with E-state index >= 15 is 0 Å². The third-order valence-corrected chi connectivity index (χ3v) is 3.66. The number of halogens is 3. The molecule has 1 aliphatic heterocycles. The number of amides is 2. The van der Waals surface area contributed by atoms with Gasteiger partial charge in [0, 0.05) is 37.7 Å². The van der Waals surface area contributed by atoms with Gasteiger partial charge in [0.05, 0.1) is 0 Å². The number of carbonyl (C=O) groups is 2. The molecule has 25 heavy (non-hydrogen) atoms. The van der Waals surface area contributed by atoms with Crippen molar-refractivity contribution >= 4 is 17.9 Å². The van der Waals surface area contributed by atoms with Crippen molar-refractivity contribution in [2.45, 2.75) is 25.6 Å². The highest BCUT2D eigenvalue weighted by Crippen LogP contribution is 2.26. The molecule has 0 bridgehead atoms. The number of nitrogens with zero attached hydrogens (tertiary/aromatic N) is 1. The van der Waals surface area contributed by atoms with E-state index in [2.05, 4.69) is 10.1 Å². The van der Waals surface area contributed by atoms with Gasteiger partial charge in [0.15, 0.2) is 0 Å². The minimum atomic E-state index is -4.80. The molecule has 0 radical (unpaired) electrons. The molecule has 136 valence electrons. The molecule has 0 aromatic heterocycles. The third-order valence-electron chi connectivity index (χ3n) is 3.66. The smallest absolute Gasteiger partial charge is 0.405 e. The molecule has 0 spiro atoms. The number of benzene rings is 1. The van der Waals surface area contributed by atoms with Gasteiger partial charge in [0.25, 0.3) is 0 Å². The summed E-state index contributed by atoms with van der Waals surface area (Å²) in [6, 6.07) is 5.51. The van der Waals surface area contributed by atoms with Crippen LogP contribution in [0.15, 0.2) is 30.3 Å². The summed E-state index contributed by atoms with van der Waals surface area (Å²) in [5.41, 5.74) is 0.128. The molecule has 1 fully saturated rings. The molecule has 0 saturated carbocycles. The molecule has 1 aliphatic rings. The second-order valence-electron chi connectivity index (χ2n) is 5.55. The summed E-state index contributed by atoms with van der Waals surface area (Å²) in [5.74, 6) is -0.884. The first kappa shape index (κ1) is 18.8. The second-order valence-corrected chi connectivity index (χ2v) is 5.55. The fourth-order valence-electron chi connectivity index (χ4n) is 2.48. The van der Waals surface area contributed by atoms with E-state index in [1.807, 2.05) is 0 Å². The molecule has 2 rings (SSSR count). The zero-order valence-electron chi connectivity index (χ0n) is 13.5. The standard InChI is InChI=1S/C17H19F3N2O3/c18-17(19,20)25-14-6-2-1-5-13(14)7-8-15(23)21-10-9-16(24)22-11-3-4-12-22/h1-2,5-8H,3-4,9-12H2,(H,21,23)/b8-7+. The molecule has 1 N–H and O–H groups in total. The van der Waals surface area contributed by atoms with Gasteiger partial charge in [0.1, 0.15) is 5.75 Å². The molecular weight excluding hydrogens is 337 g/mol. The molecule has 1 saturated heterocycles. The number of hydrogen-bond acceptors (Lipinski definition) is 3. The molecule has 8 heteroatoms. The molecule has 0 atom stereocenters. The van der Waals surface area contributed by atoms with Crippen molar-refractivity contribution in [2.75, 3.05) is 19.6 Å². The fourth-order valence-corrected chi connectivity index (χ4v) is 2.48. The van der Waals surface area contributed by atoms with Gasteiger partial charge in [0.2, 0.25) is 11.8 Å². The zero-order valence-corrected chi connectivity index (χ0v) is 13.5. The summed E-state index contributed by atoms with van der Waals surface area (Å²) >= 11 is 0. The van der Waals surface area contributed by atoms with Gasteiger partial charge in [-0.1, -0.05) is 18.2 Å². The molecule has 5 nitrogen and oxygen atoms in total. The summed E-state index contributed by atoms with van der Waals surface area (Å²) in [7, 11) is 0. The topological polar surface area (TPSA) is 58.6 Å². The van der Waals surface area contributed by atoms with Crippen LogP contribution in [0.5, 0.6) is 5.75 Å². The van der Waals surface area contributed by atoms with Gasteiger partial charge in [-0.2, -0.15) is 0 Å². The maximum atomic E-state index is 12.3. The normalized spacial score (nSPS) is 14.8. The van der Waals surface area contributed by atoms with Crippen molar-refractivity contribution in [3.8, 4) is 5.75 Å². The number of likely N-dealkylation sites (tertiary alicyclic amines) is 1. The number of ether oxygens (including phenoxy) is 1. The minimum absolute atomic E-state index is 0.00861. The highest BCUT2D eigenvalue weighted by atomic mass is 19.4. The number of para-hydroxylation sites is 1. The highest BCUT2D eigenvalue weighted by molar-refractivity contribution is 5.92. The Morgan fingerprint density at radius 3 is 2.56 bits per heavy atom. The van der Waals surface area contributed by atoms with Crippen molar-refractivity contribution in [2.24, 2.45) is 0 Å². The molecule has 1 aromatic rings. The zero-order chi connectivity index (χ0) is 18.3. The summed E-state index contributed by atoms with van der Waals surface area (Å²) < 4.78 is 40.9. The SMILES string of the molecule is O=C(/C=C/c1ccccc1OC(F)(F)F)NCCC(=O)N1CCCC1. The van der Waals surface area contributed by atoms with Crippen LogP contribution in [0.25, 0.3) is 6.08 Å². The Morgan fingerprint density at radius 2 is 1.88 bits per heavy atom. The highest BCUT2D eigenvalue weighted by Gasteiger charge is 2.31. The first-order valence-electron chi connectivity index (χ1n) is 7.93. The van der Waals surface area contributed by atoms with Crippen molar-refractivity contribution in [3.63, 3.8) is 0 Å². The minimum Gasteiger partial charge on any atom is -0.405 e. The Hall–Kier alpha value is -2.51. The van der Waals surface area contributed by atoms with Crippen LogP contribution < -0.4 is 10.1 Å². The van der Waals surface area contributed by atoms with E-state index in [4.69, 9.17) is 0 Å². The van der Waals surface area contributed by atoms with Crippen LogP contribution in [0.1, 0.15) is 24.8 Å². The van der Waals surface area contributed by atoms with Crippen LogP contribution >= 0.6 is 0 Å². The second kappa shape index (κ2) is 8.55. The third kappa shape index (κ3) is 6.48. The van der Waals surface area contributed by atoms with Crippen LogP contribution in [0.2, 0.25) is 0 Å². The number of carbonyl (C=O) groups excluding carboxylic acids is 2. The molecule has 1 heterocycles. The van der Waals surface area contributed by atoms with Gasteiger partial charge in [-0.05, 0) is 25.0 Å². The van der Waals surface area contributed by atoms with Crippen molar-refractivity contribution in [3.05, 3.63) is 35.9 Å². The summed E-state index contributed by atoms with van der Waals surface area (Å²) in [4.78, 5) is 25.3. The van der Waals surface area contributed by atoms with Crippen LogP contribution in [0.4, 0.5) is 13.2 Å². The quantitative estimate of drug-likeness (QED) is 0.798. The lowest BCUT2D eigenvalue weighted by molar-refractivity contribution is -0.274.